The van der Waals surface area contributed by atoms with E-state index in [1.807, 2.05) is 2.90 Å². The third kappa shape index (κ3) is 2.31. The molecule has 0 amide bonds. The summed E-state index contributed by atoms with van der Waals surface area (Å²) < 4.78 is 1.85. The van der Waals surface area contributed by atoms with Gasteiger partial charge in [-0.2, -0.15) is 0 Å². The molecular formula is C4H4Cl2I2N3-. The van der Waals surface area contributed by atoms with Gasteiger partial charge < -0.3 is 0 Å². The van der Waals surface area contributed by atoms with Crippen LogP contribution < -0.4 is 17.5 Å². The molecule has 0 aromatic carbocycles. The van der Waals surface area contributed by atoms with Crippen molar-refractivity contribution >= 4 is 41.8 Å². The molecule has 1 aromatic rings. The fraction of sp³-hybridized carbons (Fsp3) is 0.500. The van der Waals surface area contributed by atoms with Crippen molar-refractivity contribution in [3.05, 3.63) is 11.4 Å². The number of nitrogens with zero attached hydrogens (tertiary/aromatic N) is 3. The average Bonchev–Trinajstić information content (AvgIpc) is 2.45. The minimum absolute atomic E-state index is 0.134. The summed E-state index contributed by atoms with van der Waals surface area (Å²) in [5, 5.41) is 7.81. The molecule has 64 valence electrons. The van der Waals surface area contributed by atoms with Crippen LogP contribution in [0, 0.1) is 0 Å². The van der Waals surface area contributed by atoms with Crippen molar-refractivity contribution in [2.75, 3.05) is 0 Å². The quantitative estimate of drug-likeness (QED) is 0.464. The Bertz CT molecular complexity index is 218. The van der Waals surface area contributed by atoms with E-state index in [0.29, 0.717) is 11.8 Å². The van der Waals surface area contributed by atoms with E-state index in [0.717, 1.165) is 11.4 Å². The third-order valence-electron chi connectivity index (χ3n) is 1.11. The molecule has 0 aliphatic heterocycles. The van der Waals surface area contributed by atoms with E-state index in [1.54, 1.807) is 0 Å². The zero-order valence-electron chi connectivity index (χ0n) is 5.27. The second-order valence-corrected chi connectivity index (χ2v) is 5.93. The predicted octanol–water partition coefficient (Wildman–Crippen LogP) is -1.04. The van der Waals surface area contributed by atoms with Gasteiger partial charge in [0.15, 0.2) is 0 Å². The van der Waals surface area contributed by atoms with Crippen molar-refractivity contribution in [3.8, 4) is 0 Å². The molecule has 0 aliphatic rings. The number of aromatic nitrogens is 3. The van der Waals surface area contributed by atoms with Crippen molar-refractivity contribution in [2.24, 2.45) is 0 Å². The van der Waals surface area contributed by atoms with Crippen molar-refractivity contribution in [1.82, 2.24) is 13.2 Å². The van der Waals surface area contributed by atoms with E-state index >= 15 is 0 Å². The Kier molecular flexibility index (Phi) is 4.69. The van der Waals surface area contributed by atoms with E-state index in [2.05, 4.69) is 28.9 Å². The van der Waals surface area contributed by atoms with Crippen LogP contribution in [0.15, 0.2) is 0 Å². The van der Waals surface area contributed by atoms with Gasteiger partial charge in [-0.3, -0.25) is 0 Å². The first-order valence-corrected chi connectivity index (χ1v) is 11.0. The molecule has 0 aliphatic carbocycles. The topological polar surface area (TPSA) is 30.7 Å². The minimum atomic E-state index is -0.134. The molecule has 0 spiro atoms. The van der Waals surface area contributed by atoms with Crippen LogP contribution in [-0.2, 0) is 11.8 Å². The summed E-state index contributed by atoms with van der Waals surface area (Å²) in [6.45, 7) is 0. The SMILES string of the molecule is ClCc1nnn([I-]I)c1CCl. The van der Waals surface area contributed by atoms with Gasteiger partial charge in [-0.25, -0.2) is 0 Å². The molecule has 0 atom stereocenters. The first kappa shape index (κ1) is 10.3. The molecule has 0 radical (unpaired) electrons. The maximum atomic E-state index is 5.69. The summed E-state index contributed by atoms with van der Waals surface area (Å²) in [6, 6.07) is 0. The van der Waals surface area contributed by atoms with Gasteiger partial charge in [-0.05, 0) is 0 Å². The maximum absolute atomic E-state index is 5.69. The van der Waals surface area contributed by atoms with Crippen LogP contribution in [0.5, 0.6) is 0 Å². The Morgan fingerprint density at radius 1 is 1.45 bits per heavy atom. The van der Waals surface area contributed by atoms with Crippen LogP contribution in [-0.4, -0.2) is 13.2 Å². The Morgan fingerprint density at radius 2 is 2.18 bits per heavy atom. The summed E-state index contributed by atoms with van der Waals surface area (Å²) in [6.07, 6.45) is 0. The summed E-state index contributed by atoms with van der Waals surface area (Å²) in [4.78, 5) is 0. The zero-order valence-corrected chi connectivity index (χ0v) is 11.1. The van der Waals surface area contributed by atoms with Gasteiger partial charge >= 0.3 is 95.7 Å². The van der Waals surface area contributed by atoms with E-state index in [4.69, 9.17) is 23.2 Å². The Hall–Kier alpha value is 1.18. The summed E-state index contributed by atoms with van der Waals surface area (Å²) in [5.41, 5.74) is 1.77. The Morgan fingerprint density at radius 3 is 2.64 bits per heavy atom. The molecular weight excluding hydrogens is 415 g/mol. The molecule has 0 saturated carbocycles. The number of hydrogen-bond acceptors (Lipinski definition) is 2. The molecule has 0 N–H and O–H groups in total. The van der Waals surface area contributed by atoms with Crippen LogP contribution >= 0.6 is 41.8 Å². The predicted molar refractivity (Wildman–Crippen MR) is 48.6 cm³/mol. The van der Waals surface area contributed by atoms with Gasteiger partial charge in [0.05, 0.1) is 0 Å². The molecule has 1 heterocycles. The van der Waals surface area contributed by atoms with E-state index in [1.165, 1.54) is 0 Å². The molecule has 0 bridgehead atoms. The summed E-state index contributed by atoms with van der Waals surface area (Å²) in [5.74, 6) is 0.834. The second-order valence-electron chi connectivity index (χ2n) is 1.67. The first-order valence-electron chi connectivity index (χ1n) is 2.65. The molecule has 7 heteroatoms. The van der Waals surface area contributed by atoms with Gasteiger partial charge in [0.1, 0.15) is 0 Å². The van der Waals surface area contributed by atoms with Crippen LogP contribution in [0.25, 0.3) is 0 Å². The molecule has 3 nitrogen and oxygen atoms in total. The van der Waals surface area contributed by atoms with E-state index in [-0.39, 0.29) is 17.5 Å². The van der Waals surface area contributed by atoms with Gasteiger partial charge in [-0.1, -0.05) is 0 Å². The Balaban J connectivity index is 2.99. The number of halogens is 4. The van der Waals surface area contributed by atoms with Gasteiger partial charge in [0, 0.05) is 0 Å². The molecule has 0 unspecified atom stereocenters. The second kappa shape index (κ2) is 5.03. The van der Waals surface area contributed by atoms with E-state index < -0.39 is 0 Å². The van der Waals surface area contributed by atoms with Crippen molar-refractivity contribution in [1.29, 1.82) is 0 Å². The fourth-order valence-corrected chi connectivity index (χ4v) is 4.07. The Labute approximate surface area is 94.6 Å². The van der Waals surface area contributed by atoms with Crippen molar-refractivity contribution < 1.29 is 17.5 Å². The van der Waals surface area contributed by atoms with Gasteiger partial charge in [-0.15, -0.1) is 0 Å². The van der Waals surface area contributed by atoms with Crippen molar-refractivity contribution in [2.45, 2.75) is 11.8 Å². The summed E-state index contributed by atoms with van der Waals surface area (Å²) in [7, 11) is 0. The molecule has 1 aromatic heterocycles. The molecule has 0 fully saturated rings. The van der Waals surface area contributed by atoms with Crippen LogP contribution in [0.1, 0.15) is 11.4 Å². The normalized spacial score (nSPS) is 10.8. The summed E-state index contributed by atoms with van der Waals surface area (Å²) >= 11 is 13.5. The number of alkyl halides is 2. The average molecular weight is 419 g/mol. The van der Waals surface area contributed by atoms with Crippen LogP contribution in [0.2, 0.25) is 0 Å². The molecule has 11 heavy (non-hydrogen) atoms. The van der Waals surface area contributed by atoms with Crippen LogP contribution in [0.4, 0.5) is 0 Å². The monoisotopic (exact) mass is 418 g/mol. The van der Waals surface area contributed by atoms with E-state index in [9.17, 15) is 0 Å². The van der Waals surface area contributed by atoms with Gasteiger partial charge in [0.2, 0.25) is 0 Å². The zero-order chi connectivity index (χ0) is 8.27. The first-order chi connectivity index (χ1) is 5.33. The van der Waals surface area contributed by atoms with Gasteiger partial charge in [0.25, 0.3) is 0 Å². The van der Waals surface area contributed by atoms with Crippen molar-refractivity contribution in [3.63, 3.8) is 0 Å². The van der Waals surface area contributed by atoms with Crippen LogP contribution in [0.3, 0.4) is 0 Å². The molecule has 0 saturated heterocycles. The number of rotatable bonds is 3. The third-order valence-corrected chi connectivity index (χ3v) is 5.06. The molecule has 1 rings (SSSR count). The standard InChI is InChI=1S/C4H4Cl2I2N3/c5-1-3-4(2-6)11(8-7)10-9-3/h1-2H2/q-1. The fourth-order valence-electron chi connectivity index (χ4n) is 0.593. The number of hydrogen-bond donors (Lipinski definition) is 0.